The van der Waals surface area contributed by atoms with Gasteiger partial charge in [-0.05, 0) is 42.8 Å². The summed E-state index contributed by atoms with van der Waals surface area (Å²) in [5.41, 5.74) is 7.96. The molecule has 0 bridgehead atoms. The Kier molecular flexibility index (Phi) is 5.15. The van der Waals surface area contributed by atoms with Crippen LogP contribution in [0.2, 0.25) is 0 Å². The standard InChI is InChI=1S/C17H14N2S2/c1-12-2-6-15(7-3-12)21-16-8-4-13(5-9-16)10-14(11-18)17(19)20/h2-10H,1H3,(H2,19,20)/b14-10+. The largest absolute Gasteiger partial charge is 0.389 e. The van der Waals surface area contributed by atoms with E-state index in [1.807, 2.05) is 30.3 Å². The molecule has 0 spiro atoms. The number of benzene rings is 2. The number of nitrogens with zero attached hydrogens (tertiary/aromatic N) is 1. The van der Waals surface area contributed by atoms with Crippen LogP contribution in [0.25, 0.3) is 6.08 Å². The number of rotatable bonds is 4. The number of thiocarbonyl (C=S) groups is 1. The number of hydrogen-bond acceptors (Lipinski definition) is 3. The maximum absolute atomic E-state index is 8.94. The molecule has 0 amide bonds. The molecule has 0 unspecified atom stereocenters. The van der Waals surface area contributed by atoms with E-state index in [2.05, 4.69) is 31.2 Å². The van der Waals surface area contributed by atoms with Gasteiger partial charge in [-0.3, -0.25) is 0 Å². The molecule has 104 valence electrons. The fourth-order valence-corrected chi connectivity index (χ4v) is 2.62. The van der Waals surface area contributed by atoms with Crippen molar-refractivity contribution >= 4 is 35.0 Å². The minimum Gasteiger partial charge on any atom is -0.389 e. The van der Waals surface area contributed by atoms with Crippen LogP contribution < -0.4 is 5.73 Å². The van der Waals surface area contributed by atoms with Crippen molar-refractivity contribution in [3.8, 4) is 6.07 Å². The summed E-state index contributed by atoms with van der Waals surface area (Å²) in [7, 11) is 0. The van der Waals surface area contributed by atoms with Gasteiger partial charge in [0.05, 0.1) is 5.57 Å². The summed E-state index contributed by atoms with van der Waals surface area (Å²) < 4.78 is 0. The first-order chi connectivity index (χ1) is 10.1. The fraction of sp³-hybridized carbons (Fsp3) is 0.0588. The molecule has 0 aliphatic carbocycles. The zero-order valence-electron chi connectivity index (χ0n) is 11.5. The van der Waals surface area contributed by atoms with Gasteiger partial charge in [-0.25, -0.2) is 0 Å². The maximum Gasteiger partial charge on any atom is 0.114 e. The highest BCUT2D eigenvalue weighted by molar-refractivity contribution is 7.99. The summed E-state index contributed by atoms with van der Waals surface area (Å²) in [5.74, 6) is 0. The first kappa shape index (κ1) is 15.3. The van der Waals surface area contributed by atoms with Gasteiger partial charge >= 0.3 is 0 Å². The van der Waals surface area contributed by atoms with Crippen LogP contribution >= 0.6 is 24.0 Å². The summed E-state index contributed by atoms with van der Waals surface area (Å²) in [6.45, 7) is 2.07. The molecule has 0 radical (unpaired) electrons. The Bertz CT molecular complexity index is 708. The number of aryl methyl sites for hydroxylation is 1. The van der Waals surface area contributed by atoms with Gasteiger partial charge < -0.3 is 5.73 Å². The molecule has 2 aromatic carbocycles. The van der Waals surface area contributed by atoms with Crippen molar-refractivity contribution in [1.82, 2.24) is 0 Å². The molecule has 0 saturated heterocycles. The van der Waals surface area contributed by atoms with Crippen molar-refractivity contribution in [2.24, 2.45) is 5.73 Å². The zero-order valence-corrected chi connectivity index (χ0v) is 13.2. The minimum absolute atomic E-state index is 0.121. The van der Waals surface area contributed by atoms with E-state index in [-0.39, 0.29) is 4.99 Å². The monoisotopic (exact) mass is 310 g/mol. The van der Waals surface area contributed by atoms with Gasteiger partial charge in [0, 0.05) is 9.79 Å². The van der Waals surface area contributed by atoms with E-state index in [0.29, 0.717) is 5.57 Å². The predicted molar refractivity (Wildman–Crippen MR) is 92.1 cm³/mol. The van der Waals surface area contributed by atoms with Crippen LogP contribution in [0, 0.1) is 18.3 Å². The lowest BCUT2D eigenvalue weighted by Crippen LogP contribution is -2.09. The first-order valence-corrected chi connectivity index (χ1v) is 7.57. The van der Waals surface area contributed by atoms with E-state index in [1.165, 1.54) is 10.5 Å². The van der Waals surface area contributed by atoms with Crippen molar-refractivity contribution in [3.63, 3.8) is 0 Å². The third-order valence-corrected chi connectivity index (χ3v) is 4.07. The van der Waals surface area contributed by atoms with Gasteiger partial charge in [0.1, 0.15) is 11.1 Å². The summed E-state index contributed by atoms with van der Waals surface area (Å²) in [6, 6.07) is 18.3. The Balaban J connectivity index is 2.14. The van der Waals surface area contributed by atoms with Gasteiger partial charge in [0.15, 0.2) is 0 Å². The van der Waals surface area contributed by atoms with Crippen molar-refractivity contribution in [3.05, 3.63) is 65.2 Å². The van der Waals surface area contributed by atoms with Crippen LogP contribution in [0.5, 0.6) is 0 Å². The predicted octanol–water partition coefficient (Wildman–Crippen LogP) is 4.34. The topological polar surface area (TPSA) is 49.8 Å². The Labute approximate surface area is 134 Å². The van der Waals surface area contributed by atoms with Crippen LogP contribution in [0.1, 0.15) is 11.1 Å². The molecule has 21 heavy (non-hydrogen) atoms. The minimum atomic E-state index is 0.121. The van der Waals surface area contributed by atoms with Gasteiger partial charge in [-0.2, -0.15) is 5.26 Å². The molecular weight excluding hydrogens is 296 g/mol. The molecule has 0 fully saturated rings. The van der Waals surface area contributed by atoms with Gasteiger partial charge in [0.2, 0.25) is 0 Å². The molecule has 2 rings (SSSR count). The highest BCUT2D eigenvalue weighted by Gasteiger charge is 2.01. The lowest BCUT2D eigenvalue weighted by molar-refractivity contribution is 1.36. The van der Waals surface area contributed by atoms with Gasteiger partial charge in [-0.1, -0.05) is 53.8 Å². The first-order valence-electron chi connectivity index (χ1n) is 6.34. The molecule has 0 aliphatic heterocycles. The molecule has 2 N–H and O–H groups in total. The lowest BCUT2D eigenvalue weighted by Gasteiger charge is -2.03. The third kappa shape index (κ3) is 4.45. The Morgan fingerprint density at radius 3 is 2.10 bits per heavy atom. The maximum atomic E-state index is 8.94. The Morgan fingerprint density at radius 2 is 1.62 bits per heavy atom. The lowest BCUT2D eigenvalue weighted by atomic mass is 10.1. The normalized spacial score (nSPS) is 11.0. The SMILES string of the molecule is Cc1ccc(Sc2ccc(/C=C(\C#N)C(N)=S)cc2)cc1. The van der Waals surface area contributed by atoms with E-state index < -0.39 is 0 Å². The fourth-order valence-electron chi connectivity index (χ4n) is 1.70. The quantitative estimate of drug-likeness (QED) is 0.518. The molecule has 0 heterocycles. The molecule has 0 aromatic heterocycles. The van der Waals surface area contributed by atoms with Crippen LogP contribution in [0.3, 0.4) is 0 Å². The molecule has 0 atom stereocenters. The van der Waals surface area contributed by atoms with E-state index in [9.17, 15) is 0 Å². The molecular formula is C17H14N2S2. The van der Waals surface area contributed by atoms with Gasteiger partial charge in [0.25, 0.3) is 0 Å². The second-order valence-electron chi connectivity index (χ2n) is 4.52. The highest BCUT2D eigenvalue weighted by atomic mass is 32.2. The summed E-state index contributed by atoms with van der Waals surface area (Å²) >= 11 is 6.52. The number of hydrogen-bond donors (Lipinski definition) is 1. The number of nitrogens with two attached hydrogens (primary N) is 1. The third-order valence-electron chi connectivity index (χ3n) is 2.83. The van der Waals surface area contributed by atoms with Crippen molar-refractivity contribution in [2.75, 3.05) is 0 Å². The Hall–Kier alpha value is -2.09. The summed E-state index contributed by atoms with van der Waals surface area (Å²) in [6.07, 6.45) is 1.70. The van der Waals surface area contributed by atoms with E-state index in [4.69, 9.17) is 23.2 Å². The average Bonchev–Trinajstić information content (AvgIpc) is 2.48. The van der Waals surface area contributed by atoms with E-state index in [1.54, 1.807) is 17.8 Å². The average molecular weight is 310 g/mol. The van der Waals surface area contributed by atoms with Crippen molar-refractivity contribution in [1.29, 1.82) is 5.26 Å². The Morgan fingerprint density at radius 1 is 1.10 bits per heavy atom. The molecule has 0 aliphatic rings. The highest BCUT2D eigenvalue weighted by Crippen LogP contribution is 2.28. The number of nitriles is 1. The smallest absolute Gasteiger partial charge is 0.114 e. The second-order valence-corrected chi connectivity index (χ2v) is 6.10. The van der Waals surface area contributed by atoms with E-state index >= 15 is 0 Å². The zero-order chi connectivity index (χ0) is 15.2. The molecule has 2 aromatic rings. The van der Waals surface area contributed by atoms with Crippen molar-refractivity contribution in [2.45, 2.75) is 16.7 Å². The summed E-state index contributed by atoms with van der Waals surface area (Å²) in [4.78, 5) is 2.46. The van der Waals surface area contributed by atoms with Crippen LogP contribution in [-0.4, -0.2) is 4.99 Å². The van der Waals surface area contributed by atoms with E-state index in [0.717, 1.165) is 10.5 Å². The molecule has 2 nitrogen and oxygen atoms in total. The van der Waals surface area contributed by atoms with Crippen LogP contribution in [0.4, 0.5) is 0 Å². The molecule has 4 heteroatoms. The molecule has 0 saturated carbocycles. The van der Waals surface area contributed by atoms with Crippen molar-refractivity contribution < 1.29 is 0 Å². The van der Waals surface area contributed by atoms with Crippen LogP contribution in [-0.2, 0) is 0 Å². The van der Waals surface area contributed by atoms with Gasteiger partial charge in [-0.15, -0.1) is 0 Å². The van der Waals surface area contributed by atoms with Crippen LogP contribution in [0.15, 0.2) is 63.9 Å². The second kappa shape index (κ2) is 7.07. The summed E-state index contributed by atoms with van der Waals surface area (Å²) in [5, 5.41) is 8.94.